The second-order valence-corrected chi connectivity index (χ2v) is 24.4. The van der Waals surface area contributed by atoms with Gasteiger partial charge in [-0.1, -0.05) is 84.1 Å². The van der Waals surface area contributed by atoms with Crippen molar-refractivity contribution in [3.8, 4) is 73.4 Å². The number of benzene rings is 9. The van der Waals surface area contributed by atoms with Crippen LogP contribution in [0.15, 0.2) is 205 Å². The van der Waals surface area contributed by atoms with Crippen LogP contribution in [0.1, 0.15) is 55.0 Å². The molecule has 9 aromatic carbocycles. The van der Waals surface area contributed by atoms with E-state index in [1.54, 1.807) is 16.8 Å². The number of aromatic nitrogens is 9. The molecule has 0 aliphatic carbocycles. The Hall–Kier alpha value is -11.7. The number of ether oxygens (including phenoxy) is 1. The molecular formula is C76H69N15O4. The topological polar surface area (TPSA) is 232 Å². The van der Waals surface area contributed by atoms with Crippen molar-refractivity contribution < 1.29 is 19.1 Å². The fraction of sp³-hybridized carbons (Fsp3) is 0.171. The predicted molar refractivity (Wildman–Crippen MR) is 375 cm³/mol. The number of rotatable bonds is 23. The quantitative estimate of drug-likeness (QED) is 0.0330. The molecule has 19 nitrogen and oxygen atoms in total. The number of aromatic amines is 3. The molecule has 6 N–H and O–H groups in total. The maximum absolute atomic E-state index is 13.6. The summed E-state index contributed by atoms with van der Waals surface area (Å²) >= 11 is 0. The number of nitrogens with zero attached hydrogens (tertiary/aromatic N) is 9. The lowest BCUT2D eigenvalue weighted by Gasteiger charge is -2.10. The van der Waals surface area contributed by atoms with Crippen LogP contribution in [0.3, 0.4) is 0 Å². The smallest absolute Gasteiger partial charge is 0.255 e. The molecule has 0 unspecified atom stereocenters. The van der Waals surface area contributed by atoms with Gasteiger partial charge in [-0.25, -0.2) is 15.0 Å². The Kier molecular flexibility index (Phi) is 17.2. The van der Waals surface area contributed by atoms with Crippen molar-refractivity contribution >= 4 is 67.9 Å². The number of hydrogen-bond donors (Lipinski definition) is 6. The van der Waals surface area contributed by atoms with E-state index in [2.05, 4.69) is 121 Å². The number of nitrogens with one attached hydrogen (secondary N) is 6. The summed E-state index contributed by atoms with van der Waals surface area (Å²) in [5.41, 5.74) is 19.9. The second kappa shape index (κ2) is 26.9. The van der Waals surface area contributed by atoms with Crippen LogP contribution in [-0.4, -0.2) is 139 Å². The van der Waals surface area contributed by atoms with E-state index in [0.717, 1.165) is 138 Å². The van der Waals surface area contributed by atoms with Gasteiger partial charge in [-0.15, -0.1) is 5.10 Å². The highest BCUT2D eigenvalue weighted by Gasteiger charge is 2.20. The van der Waals surface area contributed by atoms with E-state index in [4.69, 9.17) is 24.7 Å². The van der Waals surface area contributed by atoms with Gasteiger partial charge in [0.05, 0.1) is 57.3 Å². The molecule has 1 aliphatic rings. The van der Waals surface area contributed by atoms with E-state index in [0.29, 0.717) is 72.4 Å². The third-order valence-electron chi connectivity index (χ3n) is 16.9. The number of aliphatic imine (C=N–C) groups is 1. The largest absolute Gasteiger partial charge is 0.494 e. The van der Waals surface area contributed by atoms with E-state index in [1.165, 1.54) is 0 Å². The SMILES string of the molecule is CN(C)CCCOc1ccc(-c2nc3cc(-c4ccc5[nH]c(-c6ccc(C(=O)NCCCn7cc(-c8cccc(NC(=O)c9ccc(-c%10nc%11cc(-c%12ccc%13c(c%12)N=C(c%12ccc(C(=O)NCCN(C)C)cc%12)C%13)ccc%11[nH]%10)cc9)c8)nn7)cc6)nc5c4)ccc3[nH]2)cc1. The first kappa shape index (κ1) is 60.9. The minimum absolute atomic E-state index is 0.0830. The fourth-order valence-corrected chi connectivity index (χ4v) is 11.7. The molecule has 0 atom stereocenters. The maximum atomic E-state index is 13.6. The lowest BCUT2D eigenvalue weighted by molar-refractivity contribution is 0.0943. The summed E-state index contributed by atoms with van der Waals surface area (Å²) in [4.78, 5) is 73.8. The van der Waals surface area contributed by atoms with Crippen LogP contribution in [0, 0.1) is 0 Å². The summed E-state index contributed by atoms with van der Waals surface area (Å²) in [5.74, 6) is 2.55. The van der Waals surface area contributed by atoms with Crippen LogP contribution in [0.4, 0.5) is 11.4 Å². The van der Waals surface area contributed by atoms with Gasteiger partial charge in [0.25, 0.3) is 17.7 Å². The van der Waals surface area contributed by atoms with Gasteiger partial charge >= 0.3 is 0 Å². The number of imidazole rings is 3. The van der Waals surface area contributed by atoms with E-state index in [1.807, 2.05) is 147 Å². The first-order valence-electron chi connectivity index (χ1n) is 31.8. The summed E-state index contributed by atoms with van der Waals surface area (Å²) in [6.45, 7) is 4.00. The summed E-state index contributed by atoms with van der Waals surface area (Å²) in [6.07, 6.45) is 4.18. The number of anilines is 1. The molecule has 0 fully saturated rings. The number of H-pyrrole nitrogens is 3. The molecule has 19 heteroatoms. The third kappa shape index (κ3) is 13.9. The lowest BCUT2D eigenvalue weighted by Crippen LogP contribution is -2.31. The van der Waals surface area contributed by atoms with E-state index in [9.17, 15) is 14.4 Å². The van der Waals surface area contributed by atoms with Crippen molar-refractivity contribution in [2.24, 2.45) is 4.99 Å². The average molecular weight is 1260 g/mol. The Labute approximate surface area is 548 Å². The molecule has 0 saturated heterocycles. The van der Waals surface area contributed by atoms with Gasteiger partial charge in [0.1, 0.15) is 28.9 Å². The molecule has 3 amide bonds. The van der Waals surface area contributed by atoms with Crippen molar-refractivity contribution in [2.75, 3.05) is 66.3 Å². The Morgan fingerprint density at radius 2 is 0.989 bits per heavy atom. The average Bonchev–Trinajstić information content (AvgIpc) is 1.68. The molecule has 1 aliphatic heterocycles. The zero-order valence-electron chi connectivity index (χ0n) is 53.1. The molecular weight excluding hydrogens is 1190 g/mol. The standard InChI is InChI=1S/C76H69N15O4/c1-89(2)36-7-39-95-61-29-24-50(25-30-61)73-83-64-33-28-57(44-69(64)86-73)56-27-32-63-68(43-56)85-71(81-63)48-12-18-52(19-13-48)74(92)77-34-6-37-91-46-70(87-88-91)58-8-5-9-60(40-58)79-76(94)53-20-14-49(15-21-53)72-82-62-31-26-55(42-67(62)84-72)54-22-23-59-45-65(80-66(59)41-54)47-10-16-51(17-11-47)75(93)78-35-38-90(3)4/h5,8-33,40-44,46H,6-7,34-39,45H2,1-4H3,(H,77,92)(H,78,93)(H,79,94)(H,81,85)(H,82,84)(H,83,86). The zero-order chi connectivity index (χ0) is 64.9. The fourth-order valence-electron chi connectivity index (χ4n) is 11.7. The molecule has 0 bridgehead atoms. The van der Waals surface area contributed by atoms with Gasteiger partial charge in [0.2, 0.25) is 0 Å². The maximum Gasteiger partial charge on any atom is 0.255 e. The van der Waals surface area contributed by atoms with Gasteiger partial charge in [0.15, 0.2) is 0 Å². The van der Waals surface area contributed by atoms with Crippen LogP contribution in [0.25, 0.3) is 101 Å². The van der Waals surface area contributed by atoms with Crippen LogP contribution in [-0.2, 0) is 13.0 Å². The first-order chi connectivity index (χ1) is 46.3. The normalized spacial score (nSPS) is 12.0. The molecule has 13 aromatic rings. The zero-order valence-corrected chi connectivity index (χ0v) is 53.1. The minimum atomic E-state index is -0.253. The number of hydrogen-bond acceptors (Lipinski definition) is 12. The highest BCUT2D eigenvalue weighted by atomic mass is 16.5. The van der Waals surface area contributed by atoms with E-state index < -0.39 is 0 Å². The molecule has 0 radical (unpaired) electrons. The molecule has 472 valence electrons. The van der Waals surface area contributed by atoms with E-state index in [-0.39, 0.29) is 17.7 Å². The summed E-state index contributed by atoms with van der Waals surface area (Å²) < 4.78 is 7.67. The van der Waals surface area contributed by atoms with Crippen LogP contribution in [0.5, 0.6) is 5.75 Å². The Balaban J connectivity index is 0.536. The number of likely N-dealkylation sites (N-methyl/N-ethyl adjacent to an activating group) is 1. The molecule has 4 aromatic heterocycles. The van der Waals surface area contributed by atoms with Gasteiger partial charge in [0, 0.05) is 83.8 Å². The van der Waals surface area contributed by atoms with Gasteiger partial charge in [-0.2, -0.15) is 0 Å². The van der Waals surface area contributed by atoms with Gasteiger partial charge in [-0.05, 0) is 190 Å². The lowest BCUT2D eigenvalue weighted by atomic mass is 9.99. The highest BCUT2D eigenvalue weighted by molar-refractivity contribution is 6.08. The molecule has 0 spiro atoms. The van der Waals surface area contributed by atoms with Crippen LogP contribution < -0.4 is 20.7 Å². The van der Waals surface area contributed by atoms with Crippen LogP contribution >= 0.6 is 0 Å². The minimum Gasteiger partial charge on any atom is -0.494 e. The number of fused-ring (bicyclic) bond motifs is 4. The van der Waals surface area contributed by atoms with Crippen molar-refractivity contribution in [2.45, 2.75) is 25.8 Å². The van der Waals surface area contributed by atoms with Crippen molar-refractivity contribution in [3.05, 3.63) is 228 Å². The van der Waals surface area contributed by atoms with E-state index >= 15 is 0 Å². The predicted octanol–water partition coefficient (Wildman–Crippen LogP) is 13.3. The second-order valence-electron chi connectivity index (χ2n) is 24.4. The molecule has 95 heavy (non-hydrogen) atoms. The highest BCUT2D eigenvalue weighted by Crippen LogP contribution is 2.36. The number of amides is 3. The first-order valence-corrected chi connectivity index (χ1v) is 31.8. The van der Waals surface area contributed by atoms with Crippen molar-refractivity contribution in [1.82, 2.24) is 65.3 Å². The molecule has 14 rings (SSSR count). The Morgan fingerprint density at radius 3 is 1.55 bits per heavy atom. The summed E-state index contributed by atoms with van der Waals surface area (Å²) in [6, 6.07) is 63.0. The number of carbonyl (C=O) groups excluding carboxylic acids is 3. The van der Waals surface area contributed by atoms with Crippen molar-refractivity contribution in [3.63, 3.8) is 0 Å². The third-order valence-corrected chi connectivity index (χ3v) is 16.9. The van der Waals surface area contributed by atoms with Crippen LogP contribution in [0.2, 0.25) is 0 Å². The van der Waals surface area contributed by atoms with Gasteiger partial charge in [-0.3, -0.25) is 24.1 Å². The summed E-state index contributed by atoms with van der Waals surface area (Å²) in [7, 11) is 8.09. The molecule has 0 saturated carbocycles. The number of carbonyl (C=O) groups is 3. The summed E-state index contributed by atoms with van der Waals surface area (Å²) in [5, 5.41) is 17.8. The number of aryl methyl sites for hydroxylation is 1. The van der Waals surface area contributed by atoms with Gasteiger partial charge < -0.3 is 45.4 Å². The molecule has 5 heterocycles. The van der Waals surface area contributed by atoms with Crippen molar-refractivity contribution in [1.29, 1.82) is 0 Å². The Bertz CT molecular complexity index is 5000. The monoisotopic (exact) mass is 1260 g/mol. The Morgan fingerprint density at radius 1 is 0.495 bits per heavy atom.